The van der Waals surface area contributed by atoms with E-state index in [2.05, 4.69) is 5.32 Å². The highest BCUT2D eigenvalue weighted by atomic mass is 35.5. The maximum atomic E-state index is 13.5. The lowest BCUT2D eigenvalue weighted by molar-refractivity contribution is -0.140. The average molecular weight is 514 g/mol. The number of hydrogen-bond acceptors (Lipinski definition) is 4. The van der Waals surface area contributed by atoms with Gasteiger partial charge in [-0.3, -0.25) is 13.9 Å². The summed E-state index contributed by atoms with van der Waals surface area (Å²) in [6, 6.07) is 12.5. The number of halogens is 2. The summed E-state index contributed by atoms with van der Waals surface area (Å²) < 4.78 is 26.1. The van der Waals surface area contributed by atoms with Gasteiger partial charge in [0.1, 0.15) is 12.6 Å². The van der Waals surface area contributed by atoms with Crippen LogP contribution in [0, 0.1) is 0 Å². The number of carbonyl (C=O) groups is 2. The predicted octanol–water partition coefficient (Wildman–Crippen LogP) is 4.09. The number of nitrogens with one attached hydrogen (secondary N) is 1. The molecule has 2 aromatic rings. The quantitative estimate of drug-likeness (QED) is 0.490. The Bertz CT molecular complexity index is 1080. The Labute approximate surface area is 205 Å². The minimum atomic E-state index is -3.81. The molecule has 0 saturated carbocycles. The smallest absolute Gasteiger partial charge is 0.244 e. The van der Waals surface area contributed by atoms with Gasteiger partial charge in [0.25, 0.3) is 0 Å². The predicted molar refractivity (Wildman–Crippen MR) is 133 cm³/mol. The normalized spacial score (nSPS) is 12.2. The van der Waals surface area contributed by atoms with E-state index in [9.17, 15) is 18.0 Å². The van der Waals surface area contributed by atoms with Crippen molar-refractivity contribution in [2.45, 2.75) is 39.3 Å². The Morgan fingerprint density at radius 1 is 1.06 bits per heavy atom. The lowest BCUT2D eigenvalue weighted by Gasteiger charge is -2.33. The second-order valence-corrected chi connectivity index (χ2v) is 10.3. The van der Waals surface area contributed by atoms with Crippen molar-refractivity contribution in [1.82, 2.24) is 10.2 Å². The van der Waals surface area contributed by atoms with E-state index in [1.54, 1.807) is 49.4 Å². The molecule has 2 amide bonds. The van der Waals surface area contributed by atoms with Crippen LogP contribution >= 0.6 is 23.2 Å². The summed E-state index contributed by atoms with van der Waals surface area (Å²) in [5, 5.41) is 3.62. The van der Waals surface area contributed by atoms with Crippen LogP contribution in [-0.4, -0.2) is 50.5 Å². The zero-order chi connectivity index (χ0) is 24.6. The van der Waals surface area contributed by atoms with Crippen molar-refractivity contribution in [3.63, 3.8) is 0 Å². The van der Waals surface area contributed by atoms with Crippen LogP contribution in [0.1, 0.15) is 32.3 Å². The summed E-state index contributed by atoms with van der Waals surface area (Å²) in [6.07, 6.45) is 2.11. The monoisotopic (exact) mass is 513 g/mol. The van der Waals surface area contributed by atoms with Crippen molar-refractivity contribution in [3.8, 4) is 0 Å². The second kappa shape index (κ2) is 12.3. The van der Waals surface area contributed by atoms with Gasteiger partial charge >= 0.3 is 0 Å². The van der Waals surface area contributed by atoms with Crippen molar-refractivity contribution in [1.29, 1.82) is 0 Å². The highest BCUT2D eigenvalue weighted by Gasteiger charge is 2.32. The van der Waals surface area contributed by atoms with E-state index in [4.69, 9.17) is 23.2 Å². The number of carbonyl (C=O) groups excluding carboxylic acids is 2. The SMILES string of the molecule is CCCNC(=O)[C@@H](CC)N(Cc1ccccc1Cl)C(=O)CN(c1cccc(Cl)c1)S(C)(=O)=O. The van der Waals surface area contributed by atoms with E-state index < -0.39 is 28.5 Å². The Balaban J connectivity index is 2.44. The third-order valence-corrected chi connectivity index (χ3v) is 6.75. The fourth-order valence-electron chi connectivity index (χ4n) is 3.34. The number of benzene rings is 2. The van der Waals surface area contributed by atoms with Gasteiger partial charge in [0.05, 0.1) is 11.9 Å². The first-order chi connectivity index (χ1) is 15.6. The molecule has 180 valence electrons. The Hall–Kier alpha value is -2.29. The number of amides is 2. The Kier molecular flexibility index (Phi) is 10.0. The molecule has 0 saturated heterocycles. The van der Waals surface area contributed by atoms with Gasteiger partial charge in [-0.25, -0.2) is 8.42 Å². The number of sulfonamides is 1. The molecule has 1 N–H and O–H groups in total. The molecular formula is C23H29Cl2N3O4S. The molecule has 0 radical (unpaired) electrons. The van der Waals surface area contributed by atoms with E-state index in [1.165, 1.54) is 11.0 Å². The zero-order valence-corrected chi connectivity index (χ0v) is 21.3. The van der Waals surface area contributed by atoms with Crippen LogP contribution < -0.4 is 9.62 Å². The molecule has 33 heavy (non-hydrogen) atoms. The number of anilines is 1. The van der Waals surface area contributed by atoms with Gasteiger partial charge in [0, 0.05) is 23.1 Å². The van der Waals surface area contributed by atoms with Crippen molar-refractivity contribution in [3.05, 3.63) is 64.1 Å². The van der Waals surface area contributed by atoms with Gasteiger partial charge in [-0.2, -0.15) is 0 Å². The summed E-state index contributed by atoms with van der Waals surface area (Å²) in [5.41, 5.74) is 0.919. The van der Waals surface area contributed by atoms with Crippen molar-refractivity contribution < 1.29 is 18.0 Å². The molecule has 0 bridgehead atoms. The fraction of sp³-hybridized carbons (Fsp3) is 0.391. The highest BCUT2D eigenvalue weighted by Crippen LogP contribution is 2.24. The molecular weight excluding hydrogens is 485 g/mol. The van der Waals surface area contributed by atoms with Crippen LogP contribution in [-0.2, 0) is 26.2 Å². The number of nitrogens with zero attached hydrogens (tertiary/aromatic N) is 2. The molecule has 2 rings (SSSR count). The topological polar surface area (TPSA) is 86.8 Å². The minimum absolute atomic E-state index is 0.0592. The lowest BCUT2D eigenvalue weighted by Crippen LogP contribution is -2.52. The van der Waals surface area contributed by atoms with Crippen LogP contribution in [0.3, 0.4) is 0 Å². The fourth-order valence-corrected chi connectivity index (χ4v) is 4.56. The van der Waals surface area contributed by atoms with Crippen molar-refractivity contribution in [2.24, 2.45) is 0 Å². The highest BCUT2D eigenvalue weighted by molar-refractivity contribution is 7.92. The van der Waals surface area contributed by atoms with E-state index in [-0.39, 0.29) is 18.1 Å². The summed E-state index contributed by atoms with van der Waals surface area (Å²) in [7, 11) is -3.81. The van der Waals surface area contributed by atoms with E-state index in [0.717, 1.165) is 17.0 Å². The van der Waals surface area contributed by atoms with Crippen LogP contribution in [0.15, 0.2) is 48.5 Å². The molecule has 0 aliphatic heterocycles. The third-order valence-electron chi connectivity index (χ3n) is 5.01. The maximum absolute atomic E-state index is 13.5. The third kappa shape index (κ3) is 7.62. The first-order valence-corrected chi connectivity index (χ1v) is 13.2. The molecule has 7 nitrogen and oxygen atoms in total. The van der Waals surface area contributed by atoms with Gasteiger partial charge in [-0.15, -0.1) is 0 Å². The van der Waals surface area contributed by atoms with Crippen LogP contribution in [0.5, 0.6) is 0 Å². The van der Waals surface area contributed by atoms with Gasteiger partial charge in [0.15, 0.2) is 0 Å². The summed E-state index contributed by atoms with van der Waals surface area (Å²) in [6.45, 7) is 3.78. The maximum Gasteiger partial charge on any atom is 0.244 e. The van der Waals surface area contributed by atoms with Crippen molar-refractivity contribution in [2.75, 3.05) is 23.7 Å². The average Bonchev–Trinajstić information content (AvgIpc) is 2.76. The van der Waals surface area contributed by atoms with Crippen LogP contribution in [0.2, 0.25) is 10.0 Å². The number of hydrogen-bond donors (Lipinski definition) is 1. The van der Waals surface area contributed by atoms with Crippen LogP contribution in [0.4, 0.5) is 5.69 Å². The molecule has 2 aromatic carbocycles. The summed E-state index contributed by atoms with van der Waals surface area (Å²) >= 11 is 12.4. The van der Waals surface area contributed by atoms with Crippen molar-refractivity contribution >= 4 is 50.7 Å². The second-order valence-electron chi connectivity index (χ2n) is 7.58. The van der Waals surface area contributed by atoms with Gasteiger partial charge < -0.3 is 10.2 Å². The molecule has 0 aromatic heterocycles. The molecule has 0 aliphatic rings. The largest absolute Gasteiger partial charge is 0.354 e. The number of rotatable bonds is 11. The molecule has 10 heteroatoms. The minimum Gasteiger partial charge on any atom is -0.354 e. The van der Waals surface area contributed by atoms with Gasteiger partial charge in [-0.1, -0.05) is 61.3 Å². The summed E-state index contributed by atoms with van der Waals surface area (Å²) in [5.74, 6) is -0.827. The van der Waals surface area contributed by atoms with E-state index in [0.29, 0.717) is 28.6 Å². The lowest BCUT2D eigenvalue weighted by atomic mass is 10.1. The molecule has 1 atom stereocenters. The van der Waals surface area contributed by atoms with E-state index >= 15 is 0 Å². The zero-order valence-electron chi connectivity index (χ0n) is 18.9. The Morgan fingerprint density at radius 2 is 1.76 bits per heavy atom. The van der Waals surface area contributed by atoms with Gasteiger partial charge in [-0.05, 0) is 42.7 Å². The van der Waals surface area contributed by atoms with Crippen LogP contribution in [0.25, 0.3) is 0 Å². The molecule has 0 spiro atoms. The first-order valence-electron chi connectivity index (χ1n) is 10.6. The van der Waals surface area contributed by atoms with Gasteiger partial charge in [0.2, 0.25) is 21.8 Å². The Morgan fingerprint density at radius 3 is 2.33 bits per heavy atom. The molecule has 0 heterocycles. The first kappa shape index (κ1) is 27.0. The standard InChI is InChI=1S/C23H29Cl2N3O4S/c1-4-13-26-23(30)21(5-2)27(15-17-9-6-7-12-20(17)25)22(29)16-28(33(3,31)32)19-11-8-10-18(24)14-19/h6-12,14,21H,4-5,13,15-16H2,1-3H3,(H,26,30)/t21-/m1/s1. The van der Waals surface area contributed by atoms with E-state index in [1.807, 2.05) is 6.92 Å². The molecule has 0 aliphatic carbocycles. The molecule has 0 fully saturated rings. The summed E-state index contributed by atoms with van der Waals surface area (Å²) in [4.78, 5) is 27.8. The molecule has 0 unspecified atom stereocenters.